The lowest BCUT2D eigenvalue weighted by Gasteiger charge is -2.22. The van der Waals surface area contributed by atoms with Crippen LogP contribution in [0.15, 0.2) is 18.2 Å². The van der Waals surface area contributed by atoms with Gasteiger partial charge in [-0.05, 0) is 39.0 Å². The minimum absolute atomic E-state index is 0.310. The van der Waals surface area contributed by atoms with E-state index >= 15 is 0 Å². The third-order valence-electron chi connectivity index (χ3n) is 2.73. The lowest BCUT2D eigenvalue weighted by molar-refractivity contribution is -0.133. The highest BCUT2D eigenvalue weighted by atomic mass is 16.5. The van der Waals surface area contributed by atoms with Crippen LogP contribution in [-0.2, 0) is 9.53 Å². The Kier molecular flexibility index (Phi) is 4.90. The molecule has 1 amide bonds. The first-order chi connectivity index (χ1) is 8.94. The summed E-state index contributed by atoms with van der Waals surface area (Å²) < 4.78 is 10.4. The van der Waals surface area contributed by atoms with Crippen LogP contribution in [0.1, 0.15) is 26.3 Å². The predicted octanol–water partition coefficient (Wildman–Crippen LogP) is 2.32. The lowest BCUT2D eigenvalue weighted by atomic mass is 10.1. The molecule has 0 aromatic heterocycles. The van der Waals surface area contributed by atoms with E-state index in [1.165, 1.54) is 7.11 Å². The molecule has 1 N–H and O–H groups in total. The molecular formula is C14H18N2O3. The normalized spacial score (nSPS) is 10.7. The van der Waals surface area contributed by atoms with E-state index < -0.39 is 5.60 Å². The van der Waals surface area contributed by atoms with Crippen LogP contribution in [0.25, 0.3) is 0 Å². The van der Waals surface area contributed by atoms with Crippen LogP contribution < -0.4 is 10.1 Å². The van der Waals surface area contributed by atoms with E-state index in [2.05, 4.69) is 5.32 Å². The molecule has 0 heterocycles. The number of rotatable bonds is 5. The highest BCUT2D eigenvalue weighted by Crippen LogP contribution is 2.23. The van der Waals surface area contributed by atoms with Gasteiger partial charge in [0.2, 0.25) is 0 Å². The molecule has 5 heteroatoms. The van der Waals surface area contributed by atoms with Crippen molar-refractivity contribution in [1.82, 2.24) is 0 Å². The zero-order valence-corrected chi connectivity index (χ0v) is 11.6. The first-order valence-electron chi connectivity index (χ1n) is 5.98. The molecule has 0 bridgehead atoms. The fraction of sp³-hybridized carbons (Fsp3) is 0.429. The number of nitrogens with zero attached hydrogens (tertiary/aromatic N) is 1. The van der Waals surface area contributed by atoms with Gasteiger partial charge in [0.1, 0.15) is 17.4 Å². The van der Waals surface area contributed by atoms with Gasteiger partial charge in [-0.3, -0.25) is 4.79 Å². The van der Waals surface area contributed by atoms with Gasteiger partial charge in [-0.1, -0.05) is 0 Å². The van der Waals surface area contributed by atoms with Crippen LogP contribution in [-0.4, -0.2) is 25.2 Å². The molecule has 19 heavy (non-hydrogen) atoms. The number of carbonyl (C=O) groups excluding carboxylic acids is 1. The van der Waals surface area contributed by atoms with Crippen molar-refractivity contribution in [3.8, 4) is 11.8 Å². The second-order valence-electron chi connectivity index (χ2n) is 4.42. The zero-order valence-electron chi connectivity index (χ0n) is 11.6. The predicted molar refractivity (Wildman–Crippen MR) is 72.0 cm³/mol. The molecule has 0 saturated carbocycles. The second kappa shape index (κ2) is 6.21. The average Bonchev–Trinajstić information content (AvgIpc) is 2.40. The Labute approximate surface area is 113 Å². The van der Waals surface area contributed by atoms with Crippen molar-refractivity contribution in [3.05, 3.63) is 23.8 Å². The van der Waals surface area contributed by atoms with E-state index in [4.69, 9.17) is 14.7 Å². The van der Waals surface area contributed by atoms with Gasteiger partial charge in [-0.25, -0.2) is 0 Å². The van der Waals surface area contributed by atoms with Gasteiger partial charge in [0.05, 0.1) is 17.9 Å². The highest BCUT2D eigenvalue weighted by Gasteiger charge is 2.27. The van der Waals surface area contributed by atoms with Gasteiger partial charge >= 0.3 is 0 Å². The Bertz CT molecular complexity index is 504. The summed E-state index contributed by atoms with van der Waals surface area (Å²) in [4.78, 5) is 12.0. The number of hydrogen-bond acceptors (Lipinski definition) is 4. The van der Waals surface area contributed by atoms with E-state index in [9.17, 15) is 4.79 Å². The van der Waals surface area contributed by atoms with Crippen LogP contribution in [0, 0.1) is 11.3 Å². The molecule has 102 valence electrons. The van der Waals surface area contributed by atoms with E-state index in [0.29, 0.717) is 23.6 Å². The van der Waals surface area contributed by atoms with Gasteiger partial charge in [0, 0.05) is 7.11 Å². The number of benzene rings is 1. The smallest absolute Gasteiger partial charge is 0.256 e. The molecule has 0 unspecified atom stereocenters. The van der Waals surface area contributed by atoms with Crippen LogP contribution in [0.5, 0.6) is 5.75 Å². The van der Waals surface area contributed by atoms with Gasteiger partial charge in [0.15, 0.2) is 0 Å². The SMILES string of the molecule is CCOc1ccc(NC(=O)C(C)(C)OC)c(C#N)c1. The maximum atomic E-state index is 12.0. The van der Waals surface area contributed by atoms with Gasteiger partial charge < -0.3 is 14.8 Å². The number of ether oxygens (including phenoxy) is 2. The van der Waals surface area contributed by atoms with Gasteiger partial charge in [-0.15, -0.1) is 0 Å². The largest absolute Gasteiger partial charge is 0.494 e. The fourth-order valence-electron chi connectivity index (χ4n) is 1.35. The standard InChI is InChI=1S/C14H18N2O3/c1-5-19-11-6-7-12(10(8-11)9-15)16-13(17)14(2,3)18-4/h6-8H,5H2,1-4H3,(H,16,17). The molecule has 0 fully saturated rings. The number of nitrogens with one attached hydrogen (secondary N) is 1. The molecule has 0 radical (unpaired) electrons. The molecule has 1 aromatic rings. The topological polar surface area (TPSA) is 71.3 Å². The van der Waals surface area contributed by atoms with Gasteiger partial charge in [0.25, 0.3) is 5.91 Å². The van der Waals surface area contributed by atoms with E-state index in [1.54, 1.807) is 32.0 Å². The van der Waals surface area contributed by atoms with E-state index in [-0.39, 0.29) is 5.91 Å². The van der Waals surface area contributed by atoms with Gasteiger partial charge in [-0.2, -0.15) is 5.26 Å². The Morgan fingerprint density at radius 3 is 2.68 bits per heavy atom. The maximum Gasteiger partial charge on any atom is 0.256 e. The van der Waals surface area contributed by atoms with Crippen molar-refractivity contribution >= 4 is 11.6 Å². The third kappa shape index (κ3) is 3.70. The van der Waals surface area contributed by atoms with Crippen molar-refractivity contribution in [2.45, 2.75) is 26.4 Å². The Hall–Kier alpha value is -2.06. The highest BCUT2D eigenvalue weighted by molar-refractivity contribution is 5.97. The summed E-state index contributed by atoms with van der Waals surface area (Å²) in [5.41, 5.74) is -0.155. The average molecular weight is 262 g/mol. The summed E-state index contributed by atoms with van der Waals surface area (Å²) in [5.74, 6) is 0.290. The monoisotopic (exact) mass is 262 g/mol. The molecule has 0 aliphatic rings. The molecule has 5 nitrogen and oxygen atoms in total. The minimum Gasteiger partial charge on any atom is -0.494 e. The Morgan fingerprint density at radius 1 is 1.47 bits per heavy atom. The number of nitriles is 1. The summed E-state index contributed by atoms with van der Waals surface area (Å²) >= 11 is 0. The first kappa shape index (κ1) is 15.0. The summed E-state index contributed by atoms with van der Waals surface area (Å²) in [6, 6.07) is 6.98. The molecule has 1 aromatic carbocycles. The Morgan fingerprint density at radius 2 is 2.16 bits per heavy atom. The molecule has 0 atom stereocenters. The fourth-order valence-corrected chi connectivity index (χ4v) is 1.35. The van der Waals surface area contributed by atoms with Crippen molar-refractivity contribution in [2.24, 2.45) is 0 Å². The summed E-state index contributed by atoms with van der Waals surface area (Å²) in [6.07, 6.45) is 0. The molecule has 0 saturated heterocycles. The van der Waals surface area contributed by atoms with Crippen molar-refractivity contribution in [2.75, 3.05) is 19.0 Å². The first-order valence-corrected chi connectivity index (χ1v) is 5.98. The Balaban J connectivity index is 2.96. The summed E-state index contributed by atoms with van der Waals surface area (Å²) in [6.45, 7) is 5.70. The number of methoxy groups -OCH3 is 1. The minimum atomic E-state index is -0.953. The maximum absolute atomic E-state index is 12.0. The van der Waals surface area contributed by atoms with Crippen molar-refractivity contribution in [1.29, 1.82) is 5.26 Å². The van der Waals surface area contributed by atoms with Crippen LogP contribution in [0.2, 0.25) is 0 Å². The molecule has 0 spiro atoms. The molecule has 1 rings (SSSR count). The molecule has 0 aliphatic heterocycles. The molecule has 0 aliphatic carbocycles. The van der Waals surface area contributed by atoms with Crippen LogP contribution in [0.3, 0.4) is 0 Å². The van der Waals surface area contributed by atoms with Crippen molar-refractivity contribution < 1.29 is 14.3 Å². The number of anilines is 1. The lowest BCUT2D eigenvalue weighted by Crippen LogP contribution is -2.38. The number of hydrogen-bond donors (Lipinski definition) is 1. The zero-order chi connectivity index (χ0) is 14.5. The summed E-state index contributed by atoms with van der Waals surface area (Å²) in [5, 5.41) is 11.8. The second-order valence-corrected chi connectivity index (χ2v) is 4.42. The number of carbonyl (C=O) groups is 1. The van der Waals surface area contributed by atoms with Crippen LogP contribution in [0.4, 0.5) is 5.69 Å². The summed E-state index contributed by atoms with van der Waals surface area (Å²) in [7, 11) is 1.46. The van der Waals surface area contributed by atoms with E-state index in [0.717, 1.165) is 0 Å². The third-order valence-corrected chi connectivity index (χ3v) is 2.73. The van der Waals surface area contributed by atoms with Crippen molar-refractivity contribution in [3.63, 3.8) is 0 Å². The van der Waals surface area contributed by atoms with E-state index in [1.807, 2.05) is 13.0 Å². The van der Waals surface area contributed by atoms with Crippen LogP contribution >= 0.6 is 0 Å². The quantitative estimate of drug-likeness (QED) is 0.884. The molecular weight excluding hydrogens is 244 g/mol. The number of amides is 1.